The minimum absolute atomic E-state index is 0.145. The zero-order valence-electron chi connectivity index (χ0n) is 10.2. The molecule has 3 nitrogen and oxygen atoms in total. The molecule has 0 saturated heterocycles. The first kappa shape index (κ1) is 12.8. The summed E-state index contributed by atoms with van der Waals surface area (Å²) in [4.78, 5) is 14.5. The molecule has 0 atom stereocenters. The molecule has 1 heterocycles. The summed E-state index contributed by atoms with van der Waals surface area (Å²) in [6.07, 6.45) is 0.873. The molecule has 0 saturated carbocycles. The van der Waals surface area contributed by atoms with E-state index >= 15 is 0 Å². The van der Waals surface area contributed by atoms with Crippen molar-refractivity contribution < 1.29 is 9.90 Å². The maximum Gasteiger partial charge on any atom is 0.160 e. The number of aliphatic hydroxyl groups is 1. The number of aldehydes is 1. The molecular weight excluding hydrogens is 246 g/mol. The Labute approximate surface area is 110 Å². The van der Waals surface area contributed by atoms with E-state index in [0.29, 0.717) is 6.54 Å². The Bertz CT molecular complexity index is 519. The normalized spacial score (nSPS) is 10.3. The van der Waals surface area contributed by atoms with Crippen molar-refractivity contribution in [1.29, 1.82) is 0 Å². The fourth-order valence-electron chi connectivity index (χ4n) is 1.73. The number of carbonyl (C=O) groups is 1. The zero-order chi connectivity index (χ0) is 13.0. The minimum Gasteiger partial charge on any atom is -0.395 e. The van der Waals surface area contributed by atoms with E-state index in [1.807, 2.05) is 48.3 Å². The van der Waals surface area contributed by atoms with Crippen LogP contribution in [0.3, 0.4) is 0 Å². The quantitative estimate of drug-likeness (QED) is 0.841. The number of hydrogen-bond donors (Lipinski definition) is 1. The summed E-state index contributed by atoms with van der Waals surface area (Å²) in [6.45, 7) is 0.763. The van der Waals surface area contributed by atoms with E-state index < -0.39 is 0 Å². The van der Waals surface area contributed by atoms with Crippen LogP contribution in [0.15, 0.2) is 36.4 Å². The molecule has 1 aromatic heterocycles. The molecule has 0 radical (unpaired) electrons. The van der Waals surface area contributed by atoms with Gasteiger partial charge in [0.1, 0.15) is 0 Å². The standard InChI is InChI=1S/C14H15NO2S/c1-15(8-9-16)12-4-2-11(3-5-12)14-7-6-13(10-17)18-14/h2-7,10,16H,8-9H2,1H3. The van der Waals surface area contributed by atoms with Crippen LogP contribution in [0.25, 0.3) is 10.4 Å². The molecule has 0 aliphatic rings. The summed E-state index contributed by atoms with van der Waals surface area (Å²) >= 11 is 1.49. The Balaban J connectivity index is 2.19. The average molecular weight is 261 g/mol. The van der Waals surface area contributed by atoms with Crippen LogP contribution in [-0.4, -0.2) is 31.6 Å². The molecule has 0 spiro atoms. The van der Waals surface area contributed by atoms with Gasteiger partial charge in [0.2, 0.25) is 0 Å². The Kier molecular flexibility index (Phi) is 4.12. The van der Waals surface area contributed by atoms with Gasteiger partial charge < -0.3 is 10.0 Å². The third-order valence-electron chi connectivity index (χ3n) is 2.77. The highest BCUT2D eigenvalue weighted by molar-refractivity contribution is 7.17. The summed E-state index contributed by atoms with van der Waals surface area (Å²) in [5.41, 5.74) is 2.18. The molecule has 2 aromatic rings. The molecular formula is C14H15NO2S. The molecule has 1 aromatic carbocycles. The van der Waals surface area contributed by atoms with E-state index in [1.165, 1.54) is 11.3 Å². The van der Waals surface area contributed by atoms with Gasteiger partial charge in [0, 0.05) is 24.2 Å². The lowest BCUT2D eigenvalue weighted by atomic mass is 10.1. The predicted octanol–water partition coefficient (Wildman–Crippen LogP) is 2.66. The number of anilines is 1. The summed E-state index contributed by atoms with van der Waals surface area (Å²) in [5.74, 6) is 0. The second kappa shape index (κ2) is 5.80. The van der Waals surface area contributed by atoms with Crippen molar-refractivity contribution in [2.75, 3.05) is 25.1 Å². The molecule has 0 aliphatic heterocycles. The van der Waals surface area contributed by atoms with Crippen LogP contribution in [0, 0.1) is 0 Å². The molecule has 0 bridgehead atoms. The van der Waals surface area contributed by atoms with Crippen LogP contribution in [0.5, 0.6) is 0 Å². The largest absolute Gasteiger partial charge is 0.395 e. The number of likely N-dealkylation sites (N-methyl/N-ethyl adjacent to an activating group) is 1. The molecule has 0 fully saturated rings. The van der Waals surface area contributed by atoms with Crippen molar-refractivity contribution in [3.63, 3.8) is 0 Å². The highest BCUT2D eigenvalue weighted by Crippen LogP contribution is 2.28. The van der Waals surface area contributed by atoms with E-state index in [1.54, 1.807) is 0 Å². The smallest absolute Gasteiger partial charge is 0.160 e. The molecule has 0 amide bonds. The number of hydrogen-bond acceptors (Lipinski definition) is 4. The average Bonchev–Trinajstić information content (AvgIpc) is 2.88. The third kappa shape index (κ3) is 2.78. The molecule has 1 N–H and O–H groups in total. The Morgan fingerprint density at radius 2 is 1.94 bits per heavy atom. The fraction of sp³-hybridized carbons (Fsp3) is 0.214. The molecule has 4 heteroatoms. The first-order chi connectivity index (χ1) is 8.74. The highest BCUT2D eigenvalue weighted by atomic mass is 32.1. The van der Waals surface area contributed by atoms with Gasteiger partial charge in [-0.15, -0.1) is 11.3 Å². The van der Waals surface area contributed by atoms with Gasteiger partial charge in [-0.2, -0.15) is 0 Å². The van der Waals surface area contributed by atoms with Crippen molar-refractivity contribution in [1.82, 2.24) is 0 Å². The second-order valence-electron chi connectivity index (χ2n) is 4.01. The lowest BCUT2D eigenvalue weighted by molar-refractivity contribution is 0.112. The van der Waals surface area contributed by atoms with Gasteiger partial charge in [-0.1, -0.05) is 12.1 Å². The van der Waals surface area contributed by atoms with Gasteiger partial charge in [0.05, 0.1) is 11.5 Å². The molecule has 0 aliphatic carbocycles. The topological polar surface area (TPSA) is 40.5 Å². The lowest BCUT2D eigenvalue weighted by Crippen LogP contribution is -2.20. The molecule has 0 unspecified atom stereocenters. The van der Waals surface area contributed by atoms with Gasteiger partial charge in [-0.3, -0.25) is 4.79 Å². The van der Waals surface area contributed by atoms with E-state index in [0.717, 1.165) is 27.3 Å². The van der Waals surface area contributed by atoms with E-state index in [9.17, 15) is 4.79 Å². The predicted molar refractivity (Wildman–Crippen MR) is 75.5 cm³/mol. The molecule has 2 rings (SSSR count). The molecule has 18 heavy (non-hydrogen) atoms. The first-order valence-corrected chi connectivity index (χ1v) is 6.53. The Hall–Kier alpha value is -1.65. The second-order valence-corrected chi connectivity index (χ2v) is 5.13. The minimum atomic E-state index is 0.145. The van der Waals surface area contributed by atoms with Crippen molar-refractivity contribution in [3.05, 3.63) is 41.3 Å². The van der Waals surface area contributed by atoms with Gasteiger partial charge in [0.15, 0.2) is 6.29 Å². The van der Waals surface area contributed by atoms with Crippen LogP contribution in [0.4, 0.5) is 5.69 Å². The monoisotopic (exact) mass is 261 g/mol. The van der Waals surface area contributed by atoms with Crippen molar-refractivity contribution in [3.8, 4) is 10.4 Å². The van der Waals surface area contributed by atoms with Crippen LogP contribution < -0.4 is 4.90 Å². The van der Waals surface area contributed by atoms with Crippen molar-refractivity contribution >= 4 is 23.3 Å². The number of benzene rings is 1. The van der Waals surface area contributed by atoms with Crippen molar-refractivity contribution in [2.45, 2.75) is 0 Å². The fourth-order valence-corrected chi connectivity index (χ4v) is 2.56. The summed E-state index contributed by atoms with van der Waals surface area (Å²) in [6, 6.07) is 11.9. The van der Waals surface area contributed by atoms with E-state index in [2.05, 4.69) is 0 Å². The summed E-state index contributed by atoms with van der Waals surface area (Å²) in [7, 11) is 1.95. The number of rotatable bonds is 5. The lowest BCUT2D eigenvalue weighted by Gasteiger charge is -2.17. The van der Waals surface area contributed by atoms with Crippen LogP contribution in [-0.2, 0) is 0 Å². The van der Waals surface area contributed by atoms with Gasteiger partial charge in [-0.25, -0.2) is 0 Å². The summed E-state index contributed by atoms with van der Waals surface area (Å²) in [5, 5.41) is 8.89. The third-order valence-corrected chi connectivity index (χ3v) is 3.83. The van der Waals surface area contributed by atoms with Crippen LogP contribution in [0.1, 0.15) is 9.67 Å². The van der Waals surface area contributed by atoms with E-state index in [-0.39, 0.29) is 6.61 Å². The number of thiophene rings is 1. The molecule has 94 valence electrons. The van der Waals surface area contributed by atoms with Gasteiger partial charge >= 0.3 is 0 Å². The van der Waals surface area contributed by atoms with Gasteiger partial charge in [-0.05, 0) is 29.8 Å². The number of aliphatic hydroxyl groups excluding tert-OH is 1. The highest BCUT2D eigenvalue weighted by Gasteiger charge is 2.04. The number of carbonyl (C=O) groups excluding carboxylic acids is 1. The van der Waals surface area contributed by atoms with Crippen LogP contribution >= 0.6 is 11.3 Å². The Morgan fingerprint density at radius 3 is 2.50 bits per heavy atom. The zero-order valence-corrected chi connectivity index (χ0v) is 11.0. The SMILES string of the molecule is CN(CCO)c1ccc(-c2ccc(C=O)s2)cc1. The van der Waals surface area contributed by atoms with Crippen LogP contribution in [0.2, 0.25) is 0 Å². The Morgan fingerprint density at radius 1 is 1.22 bits per heavy atom. The van der Waals surface area contributed by atoms with Crippen molar-refractivity contribution in [2.24, 2.45) is 0 Å². The first-order valence-electron chi connectivity index (χ1n) is 5.72. The maximum atomic E-state index is 10.6. The summed E-state index contributed by atoms with van der Waals surface area (Å²) < 4.78 is 0. The maximum absolute atomic E-state index is 10.6. The van der Waals surface area contributed by atoms with Gasteiger partial charge in [0.25, 0.3) is 0 Å². The van der Waals surface area contributed by atoms with E-state index in [4.69, 9.17) is 5.11 Å². The number of nitrogens with zero attached hydrogens (tertiary/aromatic N) is 1.